The molecule has 22 heavy (non-hydrogen) atoms. The van der Waals surface area contributed by atoms with Crippen LogP contribution in [0.2, 0.25) is 0 Å². The van der Waals surface area contributed by atoms with Gasteiger partial charge in [-0.05, 0) is 38.5 Å². The second kappa shape index (κ2) is 7.05. The Balaban J connectivity index is 3.18. The molecular weight excluding hydrogens is 284 g/mol. The highest BCUT2D eigenvalue weighted by atomic mass is 16.6. The Kier molecular flexibility index (Phi) is 5.66. The number of carbonyl (C=O) groups is 2. The highest BCUT2D eigenvalue weighted by Gasteiger charge is 2.33. The number of nitriles is 1. The van der Waals surface area contributed by atoms with Crippen molar-refractivity contribution in [2.75, 3.05) is 0 Å². The number of carboxylic acid groups (broad SMARTS) is 1. The zero-order valence-electron chi connectivity index (χ0n) is 12.9. The number of ether oxygens (including phenoxy) is 1. The van der Waals surface area contributed by atoms with Crippen molar-refractivity contribution >= 4 is 11.9 Å². The summed E-state index contributed by atoms with van der Waals surface area (Å²) in [6.07, 6.45) is -0.374. The molecular formula is C16H20N2O4. The molecule has 0 fully saturated rings. The standard InChI is InChI=1S/C16H20N2O4/c1-16(2,3)22-15(21)14(12(18)8-13(19)20)11-6-4-5-10(7-11)9-17/h4-7,12,14H,8,18H2,1-3H3,(H,19,20)/t12-,14?/m1/s1. The molecule has 0 spiro atoms. The minimum Gasteiger partial charge on any atom is -0.481 e. The summed E-state index contributed by atoms with van der Waals surface area (Å²) in [5.41, 5.74) is 6.02. The summed E-state index contributed by atoms with van der Waals surface area (Å²) in [6.45, 7) is 5.16. The van der Waals surface area contributed by atoms with Gasteiger partial charge >= 0.3 is 11.9 Å². The first-order chi connectivity index (χ1) is 10.1. The fraction of sp³-hybridized carbons (Fsp3) is 0.438. The zero-order chi connectivity index (χ0) is 16.9. The molecule has 0 amide bonds. The minimum absolute atomic E-state index is 0.369. The first-order valence-electron chi connectivity index (χ1n) is 6.84. The lowest BCUT2D eigenvalue weighted by Gasteiger charge is -2.27. The van der Waals surface area contributed by atoms with E-state index in [1.54, 1.807) is 39.0 Å². The van der Waals surface area contributed by atoms with E-state index in [2.05, 4.69) is 0 Å². The van der Waals surface area contributed by atoms with Gasteiger partial charge in [0.25, 0.3) is 0 Å². The van der Waals surface area contributed by atoms with Crippen molar-refractivity contribution in [3.8, 4) is 6.07 Å². The highest BCUT2D eigenvalue weighted by Crippen LogP contribution is 2.25. The molecule has 0 aromatic heterocycles. The maximum absolute atomic E-state index is 12.4. The summed E-state index contributed by atoms with van der Waals surface area (Å²) >= 11 is 0. The van der Waals surface area contributed by atoms with Gasteiger partial charge < -0.3 is 15.6 Å². The van der Waals surface area contributed by atoms with Crippen LogP contribution in [0.5, 0.6) is 0 Å². The van der Waals surface area contributed by atoms with Crippen molar-refractivity contribution in [2.45, 2.75) is 44.8 Å². The molecule has 1 aromatic rings. The van der Waals surface area contributed by atoms with E-state index in [9.17, 15) is 9.59 Å². The van der Waals surface area contributed by atoms with Crippen molar-refractivity contribution in [2.24, 2.45) is 5.73 Å². The van der Waals surface area contributed by atoms with Crippen LogP contribution in [0.25, 0.3) is 0 Å². The molecule has 6 nitrogen and oxygen atoms in total. The van der Waals surface area contributed by atoms with Crippen molar-refractivity contribution < 1.29 is 19.4 Å². The van der Waals surface area contributed by atoms with Gasteiger partial charge in [0.15, 0.2) is 0 Å². The molecule has 1 aromatic carbocycles. The second-order valence-electron chi connectivity index (χ2n) is 6.01. The van der Waals surface area contributed by atoms with Crippen molar-refractivity contribution in [1.82, 2.24) is 0 Å². The maximum Gasteiger partial charge on any atom is 0.315 e. The Morgan fingerprint density at radius 2 is 2.05 bits per heavy atom. The van der Waals surface area contributed by atoms with Crippen LogP contribution in [0.3, 0.4) is 0 Å². The molecule has 0 aliphatic heterocycles. The highest BCUT2D eigenvalue weighted by molar-refractivity contribution is 5.81. The molecule has 0 saturated heterocycles. The largest absolute Gasteiger partial charge is 0.481 e. The van der Waals surface area contributed by atoms with Gasteiger partial charge in [-0.3, -0.25) is 9.59 Å². The first-order valence-corrected chi connectivity index (χ1v) is 6.84. The lowest BCUT2D eigenvalue weighted by molar-refractivity contribution is -0.157. The van der Waals surface area contributed by atoms with Crippen LogP contribution in [0.15, 0.2) is 24.3 Å². The third-order valence-corrected chi connectivity index (χ3v) is 2.87. The van der Waals surface area contributed by atoms with Crippen LogP contribution in [0.4, 0.5) is 0 Å². The molecule has 0 heterocycles. The van der Waals surface area contributed by atoms with E-state index in [1.807, 2.05) is 6.07 Å². The van der Waals surface area contributed by atoms with E-state index in [0.717, 1.165) is 0 Å². The van der Waals surface area contributed by atoms with Gasteiger partial charge in [0.2, 0.25) is 0 Å². The number of rotatable bonds is 5. The average Bonchev–Trinajstić information content (AvgIpc) is 2.36. The van der Waals surface area contributed by atoms with Crippen LogP contribution in [0.1, 0.15) is 44.2 Å². The Labute approximate surface area is 129 Å². The number of nitrogens with zero attached hydrogens (tertiary/aromatic N) is 1. The lowest BCUT2D eigenvalue weighted by atomic mass is 9.89. The van der Waals surface area contributed by atoms with Gasteiger partial charge in [-0.25, -0.2) is 0 Å². The number of hydrogen-bond acceptors (Lipinski definition) is 5. The van der Waals surface area contributed by atoms with Crippen LogP contribution < -0.4 is 5.73 Å². The third-order valence-electron chi connectivity index (χ3n) is 2.87. The van der Waals surface area contributed by atoms with E-state index in [1.165, 1.54) is 6.07 Å². The van der Waals surface area contributed by atoms with E-state index >= 15 is 0 Å². The van der Waals surface area contributed by atoms with E-state index < -0.39 is 29.5 Å². The molecule has 3 N–H and O–H groups in total. The monoisotopic (exact) mass is 304 g/mol. The van der Waals surface area contributed by atoms with Gasteiger partial charge in [-0.2, -0.15) is 5.26 Å². The Morgan fingerprint density at radius 3 is 2.55 bits per heavy atom. The molecule has 0 bridgehead atoms. The van der Waals surface area contributed by atoms with Gasteiger partial charge in [0.05, 0.1) is 24.0 Å². The average molecular weight is 304 g/mol. The number of carbonyl (C=O) groups excluding carboxylic acids is 1. The van der Waals surface area contributed by atoms with Crippen molar-refractivity contribution in [1.29, 1.82) is 5.26 Å². The topological polar surface area (TPSA) is 113 Å². The van der Waals surface area contributed by atoms with Crippen LogP contribution in [-0.4, -0.2) is 28.7 Å². The Bertz CT molecular complexity index is 599. The second-order valence-corrected chi connectivity index (χ2v) is 6.01. The number of esters is 1. The molecule has 0 aliphatic rings. The molecule has 2 atom stereocenters. The summed E-state index contributed by atoms with van der Waals surface area (Å²) in [6, 6.07) is 7.42. The van der Waals surface area contributed by atoms with Gasteiger partial charge in [-0.15, -0.1) is 0 Å². The fourth-order valence-electron chi connectivity index (χ4n) is 2.04. The molecule has 118 valence electrons. The normalized spacial score (nSPS) is 13.8. The number of aliphatic carboxylic acids is 1. The Morgan fingerprint density at radius 1 is 1.41 bits per heavy atom. The van der Waals surface area contributed by atoms with Gasteiger partial charge in [0.1, 0.15) is 5.60 Å². The summed E-state index contributed by atoms with van der Waals surface area (Å²) in [7, 11) is 0. The Hall–Kier alpha value is -2.39. The summed E-state index contributed by atoms with van der Waals surface area (Å²) in [5, 5.41) is 17.9. The number of carboxylic acids is 1. The summed E-state index contributed by atoms with van der Waals surface area (Å²) in [5.74, 6) is -2.64. The van der Waals surface area contributed by atoms with Gasteiger partial charge in [0, 0.05) is 6.04 Å². The molecule has 1 unspecified atom stereocenters. The number of nitrogens with two attached hydrogens (primary N) is 1. The predicted molar refractivity (Wildman–Crippen MR) is 80.0 cm³/mol. The van der Waals surface area contributed by atoms with E-state index in [0.29, 0.717) is 11.1 Å². The summed E-state index contributed by atoms with van der Waals surface area (Å²) in [4.78, 5) is 23.3. The third kappa shape index (κ3) is 5.19. The number of hydrogen-bond donors (Lipinski definition) is 2. The summed E-state index contributed by atoms with van der Waals surface area (Å²) < 4.78 is 5.34. The van der Waals surface area contributed by atoms with Crippen molar-refractivity contribution in [3.63, 3.8) is 0 Å². The maximum atomic E-state index is 12.4. The molecule has 0 aliphatic carbocycles. The predicted octanol–water partition coefficient (Wildman–Crippen LogP) is 1.79. The lowest BCUT2D eigenvalue weighted by Crippen LogP contribution is -2.39. The van der Waals surface area contributed by atoms with Gasteiger partial charge in [-0.1, -0.05) is 12.1 Å². The molecule has 1 rings (SSSR count). The molecule has 0 radical (unpaired) electrons. The van der Waals surface area contributed by atoms with Crippen LogP contribution >= 0.6 is 0 Å². The first kappa shape index (κ1) is 17.7. The molecule has 0 saturated carbocycles. The quantitative estimate of drug-likeness (QED) is 0.802. The smallest absolute Gasteiger partial charge is 0.315 e. The van der Waals surface area contributed by atoms with Crippen molar-refractivity contribution in [3.05, 3.63) is 35.4 Å². The van der Waals surface area contributed by atoms with E-state index in [4.69, 9.17) is 20.8 Å². The number of benzene rings is 1. The van der Waals surface area contributed by atoms with Crippen LogP contribution in [-0.2, 0) is 14.3 Å². The SMILES string of the molecule is CC(C)(C)OC(=O)C(c1cccc(C#N)c1)[C@H](N)CC(=O)O. The molecule has 6 heteroatoms. The minimum atomic E-state index is -1.10. The van der Waals surface area contributed by atoms with Crippen LogP contribution in [0, 0.1) is 11.3 Å². The fourth-order valence-corrected chi connectivity index (χ4v) is 2.04. The zero-order valence-corrected chi connectivity index (χ0v) is 12.9. The van der Waals surface area contributed by atoms with E-state index in [-0.39, 0.29) is 6.42 Å².